The largest absolute Gasteiger partial charge is 0.452 e. The van der Waals surface area contributed by atoms with Crippen LogP contribution in [0, 0.1) is 5.82 Å². The van der Waals surface area contributed by atoms with Crippen molar-refractivity contribution >= 4 is 43.2 Å². The average molecular weight is 339 g/mol. The van der Waals surface area contributed by atoms with Crippen molar-refractivity contribution in [2.75, 3.05) is 5.73 Å². The van der Waals surface area contributed by atoms with Gasteiger partial charge in [0.05, 0.1) is 10.2 Å². The monoisotopic (exact) mass is 338 g/mol. The van der Waals surface area contributed by atoms with Crippen molar-refractivity contribution in [3.63, 3.8) is 0 Å². The van der Waals surface area contributed by atoms with Crippen LogP contribution in [0.25, 0.3) is 10.2 Å². The first-order chi connectivity index (χ1) is 9.15. The highest BCUT2D eigenvalue weighted by Gasteiger charge is 2.11. The molecule has 1 aromatic heterocycles. The van der Waals surface area contributed by atoms with Crippen molar-refractivity contribution in [3.8, 4) is 11.5 Å². The SMILES string of the molecule is Nc1c(Oc2ccc(Br)cc2F)ccc2scnc12. The summed E-state index contributed by atoms with van der Waals surface area (Å²) in [6, 6.07) is 8.17. The Morgan fingerprint density at radius 3 is 2.79 bits per heavy atom. The number of halogens is 2. The average Bonchev–Trinajstić information content (AvgIpc) is 2.85. The Kier molecular flexibility index (Phi) is 3.12. The molecule has 0 aliphatic heterocycles. The van der Waals surface area contributed by atoms with Crippen LogP contribution in [-0.2, 0) is 0 Å². The van der Waals surface area contributed by atoms with E-state index in [1.54, 1.807) is 23.7 Å². The number of hydrogen-bond donors (Lipinski definition) is 1. The summed E-state index contributed by atoms with van der Waals surface area (Å²) in [5.41, 5.74) is 8.79. The number of nitrogens with zero attached hydrogens (tertiary/aromatic N) is 1. The lowest BCUT2D eigenvalue weighted by atomic mass is 10.2. The molecule has 0 saturated heterocycles. The maximum Gasteiger partial charge on any atom is 0.166 e. The highest BCUT2D eigenvalue weighted by molar-refractivity contribution is 9.10. The van der Waals surface area contributed by atoms with Crippen LogP contribution in [0.4, 0.5) is 10.1 Å². The quantitative estimate of drug-likeness (QED) is 0.696. The lowest BCUT2D eigenvalue weighted by Crippen LogP contribution is -1.94. The van der Waals surface area contributed by atoms with Gasteiger partial charge in [-0.05, 0) is 30.3 Å². The first-order valence-electron chi connectivity index (χ1n) is 5.40. The Hall–Kier alpha value is -1.66. The highest BCUT2D eigenvalue weighted by atomic mass is 79.9. The third-order valence-corrected chi connectivity index (χ3v) is 3.90. The van der Waals surface area contributed by atoms with Crippen LogP contribution < -0.4 is 10.5 Å². The lowest BCUT2D eigenvalue weighted by molar-refractivity contribution is 0.444. The van der Waals surface area contributed by atoms with E-state index >= 15 is 0 Å². The number of benzene rings is 2. The molecule has 0 aliphatic rings. The fourth-order valence-corrected chi connectivity index (χ4v) is 2.72. The smallest absolute Gasteiger partial charge is 0.166 e. The van der Waals surface area contributed by atoms with E-state index in [2.05, 4.69) is 20.9 Å². The molecule has 0 bridgehead atoms. The molecule has 0 aliphatic carbocycles. The number of nitrogen functional groups attached to an aromatic ring is 1. The van der Waals surface area contributed by atoms with Gasteiger partial charge in [0, 0.05) is 4.47 Å². The van der Waals surface area contributed by atoms with Crippen molar-refractivity contribution in [2.24, 2.45) is 0 Å². The van der Waals surface area contributed by atoms with E-state index in [0.29, 0.717) is 21.4 Å². The number of fused-ring (bicyclic) bond motifs is 1. The van der Waals surface area contributed by atoms with E-state index < -0.39 is 5.82 Å². The summed E-state index contributed by atoms with van der Waals surface area (Å²) in [7, 11) is 0. The number of nitrogens with two attached hydrogens (primary N) is 1. The van der Waals surface area contributed by atoms with E-state index in [9.17, 15) is 4.39 Å². The van der Waals surface area contributed by atoms with Crippen molar-refractivity contribution in [1.29, 1.82) is 0 Å². The first-order valence-corrected chi connectivity index (χ1v) is 7.07. The molecule has 1 heterocycles. The fraction of sp³-hybridized carbons (Fsp3) is 0. The van der Waals surface area contributed by atoms with Crippen molar-refractivity contribution in [1.82, 2.24) is 4.98 Å². The molecule has 0 amide bonds. The van der Waals surface area contributed by atoms with Crippen molar-refractivity contribution < 1.29 is 9.13 Å². The van der Waals surface area contributed by atoms with Gasteiger partial charge < -0.3 is 10.5 Å². The molecule has 0 atom stereocenters. The zero-order valence-corrected chi connectivity index (χ0v) is 12.0. The molecule has 0 saturated carbocycles. The molecule has 0 radical (unpaired) electrons. The molecule has 2 N–H and O–H groups in total. The van der Waals surface area contributed by atoms with E-state index in [1.165, 1.54) is 17.4 Å². The van der Waals surface area contributed by atoms with Crippen LogP contribution in [0.5, 0.6) is 11.5 Å². The maximum atomic E-state index is 13.7. The predicted octanol–water partition coefficient (Wildman–Crippen LogP) is 4.57. The molecule has 0 spiro atoms. The standard InChI is InChI=1S/C13H8BrFN2OS/c14-7-1-2-9(8(15)5-7)18-10-3-4-11-13(12(10)16)17-6-19-11/h1-6H,16H2. The second kappa shape index (κ2) is 4.79. The van der Waals surface area contributed by atoms with Gasteiger partial charge >= 0.3 is 0 Å². The van der Waals surface area contributed by atoms with Gasteiger partial charge in [0.1, 0.15) is 11.2 Å². The Bertz CT molecular complexity index is 759. The van der Waals surface area contributed by atoms with Gasteiger partial charge in [-0.1, -0.05) is 15.9 Å². The number of hydrogen-bond acceptors (Lipinski definition) is 4. The second-order valence-corrected chi connectivity index (χ2v) is 5.66. The Morgan fingerprint density at radius 2 is 2.00 bits per heavy atom. The van der Waals surface area contributed by atoms with Crippen molar-refractivity contribution in [3.05, 3.63) is 46.1 Å². The topological polar surface area (TPSA) is 48.1 Å². The Morgan fingerprint density at radius 1 is 1.21 bits per heavy atom. The van der Waals surface area contributed by atoms with Gasteiger partial charge in [-0.15, -0.1) is 11.3 Å². The van der Waals surface area contributed by atoms with E-state index in [-0.39, 0.29) is 5.75 Å². The summed E-state index contributed by atoms with van der Waals surface area (Å²) < 4.78 is 20.9. The third-order valence-electron chi connectivity index (χ3n) is 2.62. The number of aromatic nitrogens is 1. The summed E-state index contributed by atoms with van der Waals surface area (Å²) in [6.07, 6.45) is 0. The fourth-order valence-electron chi connectivity index (χ4n) is 1.70. The maximum absolute atomic E-state index is 13.7. The number of anilines is 1. The molecule has 3 rings (SSSR count). The molecule has 0 unspecified atom stereocenters. The molecular weight excluding hydrogens is 331 g/mol. The van der Waals surface area contributed by atoms with Gasteiger partial charge in [-0.2, -0.15) is 0 Å². The van der Waals surface area contributed by atoms with E-state index in [4.69, 9.17) is 10.5 Å². The van der Waals surface area contributed by atoms with Gasteiger partial charge in [-0.3, -0.25) is 0 Å². The van der Waals surface area contributed by atoms with E-state index in [1.807, 2.05) is 6.07 Å². The van der Waals surface area contributed by atoms with Crippen LogP contribution in [0.1, 0.15) is 0 Å². The summed E-state index contributed by atoms with van der Waals surface area (Å²) in [6.45, 7) is 0. The Labute approximate surface area is 121 Å². The number of ether oxygens (including phenoxy) is 1. The molecule has 2 aromatic carbocycles. The van der Waals surface area contributed by atoms with Gasteiger partial charge in [0.25, 0.3) is 0 Å². The molecule has 19 heavy (non-hydrogen) atoms. The van der Waals surface area contributed by atoms with Gasteiger partial charge in [-0.25, -0.2) is 9.37 Å². The number of rotatable bonds is 2. The minimum absolute atomic E-state index is 0.129. The Balaban J connectivity index is 2.03. The summed E-state index contributed by atoms with van der Waals surface area (Å²) in [4.78, 5) is 4.17. The normalized spacial score (nSPS) is 10.8. The molecule has 6 heteroatoms. The lowest BCUT2D eigenvalue weighted by Gasteiger charge is -2.09. The van der Waals surface area contributed by atoms with Gasteiger partial charge in [0.2, 0.25) is 0 Å². The van der Waals surface area contributed by atoms with Crippen LogP contribution >= 0.6 is 27.3 Å². The molecule has 3 nitrogen and oxygen atoms in total. The second-order valence-electron chi connectivity index (χ2n) is 3.85. The van der Waals surface area contributed by atoms with Crippen molar-refractivity contribution in [2.45, 2.75) is 0 Å². The molecular formula is C13H8BrFN2OS. The third kappa shape index (κ3) is 2.29. The number of thiazole rings is 1. The van der Waals surface area contributed by atoms with Crippen LogP contribution in [0.15, 0.2) is 40.3 Å². The van der Waals surface area contributed by atoms with E-state index in [0.717, 1.165) is 4.70 Å². The van der Waals surface area contributed by atoms with Crippen LogP contribution in [0.3, 0.4) is 0 Å². The molecule has 0 fully saturated rings. The summed E-state index contributed by atoms with van der Waals surface area (Å²) in [5, 5.41) is 0. The van der Waals surface area contributed by atoms with Gasteiger partial charge in [0.15, 0.2) is 17.3 Å². The van der Waals surface area contributed by atoms with Crippen LogP contribution in [-0.4, -0.2) is 4.98 Å². The molecule has 96 valence electrons. The minimum atomic E-state index is -0.452. The zero-order valence-electron chi connectivity index (χ0n) is 9.56. The predicted molar refractivity (Wildman–Crippen MR) is 78.2 cm³/mol. The van der Waals surface area contributed by atoms with Crippen LogP contribution in [0.2, 0.25) is 0 Å². The summed E-state index contributed by atoms with van der Waals surface area (Å²) >= 11 is 4.69. The summed E-state index contributed by atoms with van der Waals surface area (Å²) in [5.74, 6) is 0.0799. The first kappa shape index (κ1) is 12.4. The highest BCUT2D eigenvalue weighted by Crippen LogP contribution is 2.35. The zero-order chi connectivity index (χ0) is 13.4. The molecule has 3 aromatic rings. The minimum Gasteiger partial charge on any atom is -0.452 e.